The summed E-state index contributed by atoms with van der Waals surface area (Å²) in [6.45, 7) is 0. The smallest absolute Gasteiger partial charge is 0.356 e. The third-order valence-corrected chi connectivity index (χ3v) is 3.22. The Morgan fingerprint density at radius 2 is 1.95 bits per heavy atom. The maximum absolute atomic E-state index is 11.4. The van der Waals surface area contributed by atoms with Crippen LogP contribution in [0.4, 0.5) is 5.69 Å². The van der Waals surface area contributed by atoms with E-state index in [-0.39, 0.29) is 5.71 Å². The highest BCUT2D eigenvalue weighted by atomic mass is 79.9. The predicted molar refractivity (Wildman–Crippen MR) is 84.9 cm³/mol. The summed E-state index contributed by atoms with van der Waals surface area (Å²) < 4.78 is 6.02. The van der Waals surface area contributed by atoms with Gasteiger partial charge in [0.25, 0.3) is 0 Å². The van der Waals surface area contributed by atoms with Crippen molar-refractivity contribution in [1.29, 1.82) is 0 Å². The lowest BCUT2D eigenvalue weighted by molar-refractivity contribution is -0.129. The molecule has 0 bridgehead atoms. The van der Waals surface area contributed by atoms with Gasteiger partial charge in [-0.3, -0.25) is 5.43 Å². The van der Waals surface area contributed by atoms with Crippen LogP contribution in [0.3, 0.4) is 0 Å². The summed E-state index contributed by atoms with van der Waals surface area (Å²) in [7, 11) is 1.52. The normalized spacial score (nSPS) is 11.0. The molecular weight excluding hydrogens is 336 g/mol. The van der Waals surface area contributed by atoms with Crippen LogP contribution in [-0.2, 0) is 4.79 Å². The molecule has 6 heteroatoms. The van der Waals surface area contributed by atoms with E-state index in [0.717, 1.165) is 4.47 Å². The molecular formula is C15H13BrN2O3. The van der Waals surface area contributed by atoms with Crippen molar-refractivity contribution in [3.63, 3.8) is 0 Å². The molecule has 0 atom stereocenters. The molecule has 0 radical (unpaired) electrons. The molecule has 0 aliphatic rings. The lowest BCUT2D eigenvalue weighted by Crippen LogP contribution is -2.16. The van der Waals surface area contributed by atoms with Gasteiger partial charge >= 0.3 is 5.97 Å². The zero-order chi connectivity index (χ0) is 15.2. The van der Waals surface area contributed by atoms with Crippen molar-refractivity contribution < 1.29 is 14.6 Å². The Hall–Kier alpha value is -2.34. The molecule has 5 nitrogen and oxygen atoms in total. The monoisotopic (exact) mass is 348 g/mol. The van der Waals surface area contributed by atoms with Crippen LogP contribution in [0, 0.1) is 0 Å². The van der Waals surface area contributed by atoms with E-state index in [2.05, 4.69) is 26.5 Å². The van der Waals surface area contributed by atoms with Gasteiger partial charge in [0.05, 0.1) is 12.8 Å². The van der Waals surface area contributed by atoms with Crippen LogP contribution < -0.4 is 10.2 Å². The van der Waals surface area contributed by atoms with Crippen molar-refractivity contribution in [1.82, 2.24) is 0 Å². The second-order valence-corrected chi connectivity index (χ2v) is 5.03. The molecule has 2 rings (SSSR count). The number of methoxy groups -OCH3 is 1. The van der Waals surface area contributed by atoms with Gasteiger partial charge in [-0.25, -0.2) is 4.79 Å². The van der Waals surface area contributed by atoms with Crippen LogP contribution in [0.25, 0.3) is 0 Å². The van der Waals surface area contributed by atoms with Crippen molar-refractivity contribution in [2.75, 3.05) is 12.5 Å². The van der Waals surface area contributed by atoms with Gasteiger partial charge < -0.3 is 9.84 Å². The molecule has 108 valence electrons. The van der Waals surface area contributed by atoms with Crippen LogP contribution in [0.15, 0.2) is 58.1 Å². The summed E-state index contributed by atoms with van der Waals surface area (Å²) >= 11 is 3.33. The van der Waals surface area contributed by atoms with Crippen molar-refractivity contribution in [3.8, 4) is 5.75 Å². The number of aliphatic carboxylic acids is 1. The molecule has 0 aliphatic carbocycles. The highest BCUT2D eigenvalue weighted by molar-refractivity contribution is 9.10. The minimum atomic E-state index is -1.12. The molecule has 0 amide bonds. The van der Waals surface area contributed by atoms with E-state index in [1.165, 1.54) is 7.11 Å². The van der Waals surface area contributed by atoms with E-state index in [9.17, 15) is 9.90 Å². The van der Waals surface area contributed by atoms with Gasteiger partial charge in [-0.15, -0.1) is 0 Å². The van der Waals surface area contributed by atoms with Crippen molar-refractivity contribution in [2.24, 2.45) is 5.10 Å². The zero-order valence-corrected chi connectivity index (χ0v) is 12.8. The first-order valence-corrected chi connectivity index (χ1v) is 6.86. The van der Waals surface area contributed by atoms with Gasteiger partial charge in [0.2, 0.25) is 0 Å². The van der Waals surface area contributed by atoms with E-state index < -0.39 is 5.97 Å². The summed E-state index contributed by atoms with van der Waals surface area (Å²) in [6, 6.07) is 14.0. The zero-order valence-electron chi connectivity index (χ0n) is 11.2. The number of benzene rings is 2. The number of carboxylic acid groups (broad SMARTS) is 1. The fourth-order valence-corrected chi connectivity index (χ4v) is 1.92. The van der Waals surface area contributed by atoms with E-state index >= 15 is 0 Å². The Bertz CT molecular complexity index is 669. The molecule has 0 fully saturated rings. The third kappa shape index (κ3) is 4.06. The number of hydrazone groups is 1. The first kappa shape index (κ1) is 15.1. The van der Waals surface area contributed by atoms with Crippen LogP contribution in [0.1, 0.15) is 5.56 Å². The summed E-state index contributed by atoms with van der Waals surface area (Å²) in [5, 5.41) is 13.3. The fourth-order valence-electron chi connectivity index (χ4n) is 1.65. The quantitative estimate of drug-likeness (QED) is 0.642. The average Bonchev–Trinajstić information content (AvgIpc) is 2.49. The molecule has 0 aromatic heterocycles. The molecule has 0 unspecified atom stereocenters. The number of ether oxygens (including phenoxy) is 1. The highest BCUT2D eigenvalue weighted by Crippen LogP contribution is 2.16. The van der Waals surface area contributed by atoms with Gasteiger partial charge in [-0.2, -0.15) is 5.10 Å². The number of anilines is 1. The summed E-state index contributed by atoms with van der Waals surface area (Å²) in [4.78, 5) is 11.4. The van der Waals surface area contributed by atoms with E-state index in [0.29, 0.717) is 17.0 Å². The van der Waals surface area contributed by atoms with Crippen molar-refractivity contribution in [3.05, 3.63) is 58.6 Å². The van der Waals surface area contributed by atoms with Gasteiger partial charge in [0.1, 0.15) is 5.75 Å². The number of rotatable bonds is 5. The Balaban J connectivity index is 2.27. The molecule has 0 saturated heterocycles. The lowest BCUT2D eigenvalue weighted by atomic mass is 10.1. The number of hydrogen-bond acceptors (Lipinski definition) is 4. The van der Waals surface area contributed by atoms with E-state index in [4.69, 9.17) is 4.74 Å². The lowest BCUT2D eigenvalue weighted by Gasteiger charge is -2.06. The van der Waals surface area contributed by atoms with Gasteiger partial charge in [-0.1, -0.05) is 28.1 Å². The van der Waals surface area contributed by atoms with Gasteiger partial charge in [-0.05, 0) is 36.4 Å². The Kier molecular flexibility index (Phi) is 4.94. The molecule has 0 aliphatic heterocycles. The first-order valence-electron chi connectivity index (χ1n) is 6.07. The highest BCUT2D eigenvalue weighted by Gasteiger charge is 2.13. The van der Waals surface area contributed by atoms with Crippen molar-refractivity contribution in [2.45, 2.75) is 0 Å². The second kappa shape index (κ2) is 6.90. The number of carboxylic acids is 1. The van der Waals surface area contributed by atoms with Crippen molar-refractivity contribution >= 4 is 33.3 Å². The Morgan fingerprint density at radius 3 is 2.57 bits per heavy atom. The largest absolute Gasteiger partial charge is 0.497 e. The predicted octanol–water partition coefficient (Wildman–Crippen LogP) is 3.36. The van der Waals surface area contributed by atoms with E-state index in [1.807, 2.05) is 12.1 Å². The van der Waals surface area contributed by atoms with Gasteiger partial charge in [0.15, 0.2) is 5.71 Å². The molecule has 2 aromatic carbocycles. The Labute approximate surface area is 130 Å². The number of halogens is 1. The van der Waals surface area contributed by atoms with Crippen LogP contribution in [-0.4, -0.2) is 23.9 Å². The summed E-state index contributed by atoms with van der Waals surface area (Å²) in [6.07, 6.45) is 0. The molecule has 0 heterocycles. The van der Waals surface area contributed by atoms with Crippen LogP contribution >= 0.6 is 15.9 Å². The number of carbonyl (C=O) groups is 1. The second-order valence-electron chi connectivity index (χ2n) is 4.12. The molecule has 21 heavy (non-hydrogen) atoms. The molecule has 0 saturated carbocycles. The molecule has 0 spiro atoms. The number of nitrogens with zero attached hydrogens (tertiary/aromatic N) is 1. The molecule has 2 aromatic rings. The summed E-state index contributed by atoms with van der Waals surface area (Å²) in [5.41, 5.74) is 3.81. The van der Waals surface area contributed by atoms with E-state index in [1.54, 1.807) is 36.4 Å². The number of hydrogen-bond donors (Lipinski definition) is 2. The SMILES string of the molecule is COc1cccc(/C(=N/Nc2ccc(Br)cc2)C(=O)O)c1. The number of nitrogens with one attached hydrogen (secondary N) is 1. The summed E-state index contributed by atoms with van der Waals surface area (Å²) in [5.74, 6) is -0.544. The minimum absolute atomic E-state index is 0.0863. The fraction of sp³-hybridized carbons (Fsp3) is 0.0667. The van der Waals surface area contributed by atoms with Crippen LogP contribution in [0.5, 0.6) is 5.75 Å². The average molecular weight is 349 g/mol. The molecule has 2 N–H and O–H groups in total. The maximum atomic E-state index is 11.4. The maximum Gasteiger partial charge on any atom is 0.356 e. The topological polar surface area (TPSA) is 70.9 Å². The first-order chi connectivity index (χ1) is 10.1. The third-order valence-electron chi connectivity index (χ3n) is 2.69. The Morgan fingerprint density at radius 1 is 1.24 bits per heavy atom. The van der Waals surface area contributed by atoms with Crippen LogP contribution in [0.2, 0.25) is 0 Å². The standard InChI is InChI=1S/C15H13BrN2O3/c1-21-13-4-2-3-10(9-13)14(15(19)20)18-17-12-7-5-11(16)6-8-12/h2-9,17H,1H3,(H,19,20)/b18-14-. The minimum Gasteiger partial charge on any atom is -0.497 e. The van der Waals surface area contributed by atoms with Gasteiger partial charge in [0, 0.05) is 10.0 Å².